The molecule has 0 bridgehead atoms. The molecule has 1 fully saturated rings. The zero-order chi connectivity index (χ0) is 12.1. The Hall–Kier alpha value is -0.650. The van der Waals surface area contributed by atoms with Gasteiger partial charge in [-0.05, 0) is 30.9 Å². The van der Waals surface area contributed by atoms with E-state index in [-0.39, 0.29) is 5.25 Å². The number of thioether (sulfide) groups is 1. The average Bonchev–Trinajstić information content (AvgIpc) is 2.39. The van der Waals surface area contributed by atoms with Gasteiger partial charge >= 0.3 is 0 Å². The Balaban J connectivity index is 2.05. The van der Waals surface area contributed by atoms with Gasteiger partial charge in [0.1, 0.15) is 0 Å². The quantitative estimate of drug-likeness (QED) is 0.726. The third-order valence-corrected chi connectivity index (χ3v) is 5.09. The van der Waals surface area contributed by atoms with E-state index in [0.29, 0.717) is 5.92 Å². The zero-order valence-corrected chi connectivity index (χ0v) is 11.3. The predicted octanol–water partition coefficient (Wildman–Crippen LogP) is 4.90. The average molecular weight is 266 g/mol. The minimum atomic E-state index is 0.0511. The van der Waals surface area contributed by atoms with Crippen molar-refractivity contribution in [2.45, 2.75) is 42.2 Å². The molecule has 90 valence electrons. The van der Waals surface area contributed by atoms with E-state index in [1.807, 2.05) is 24.3 Å². The molecule has 1 aromatic carbocycles. The van der Waals surface area contributed by atoms with Crippen LogP contribution in [-0.2, 0) is 0 Å². The maximum Gasteiger partial charge on any atom is 0.0992 e. The highest BCUT2D eigenvalue weighted by Gasteiger charge is 2.24. The Morgan fingerprint density at radius 2 is 1.94 bits per heavy atom. The predicted molar refractivity (Wildman–Crippen MR) is 73.3 cm³/mol. The Morgan fingerprint density at radius 1 is 1.24 bits per heavy atom. The van der Waals surface area contributed by atoms with E-state index in [1.165, 1.54) is 32.1 Å². The van der Waals surface area contributed by atoms with Gasteiger partial charge in [-0.1, -0.05) is 43.0 Å². The fourth-order valence-electron chi connectivity index (χ4n) is 2.34. The van der Waals surface area contributed by atoms with E-state index < -0.39 is 0 Å². The molecule has 1 saturated carbocycles. The first kappa shape index (κ1) is 12.8. The van der Waals surface area contributed by atoms with Gasteiger partial charge < -0.3 is 0 Å². The minimum Gasteiger partial charge on any atom is -0.197 e. The largest absolute Gasteiger partial charge is 0.197 e. The monoisotopic (exact) mass is 265 g/mol. The number of nitrogens with zero attached hydrogens (tertiary/aromatic N) is 1. The van der Waals surface area contributed by atoms with Crippen molar-refractivity contribution in [1.82, 2.24) is 0 Å². The summed E-state index contributed by atoms with van der Waals surface area (Å²) in [7, 11) is 0. The summed E-state index contributed by atoms with van der Waals surface area (Å²) >= 11 is 7.76. The normalized spacial score (nSPS) is 18.6. The summed E-state index contributed by atoms with van der Waals surface area (Å²) in [5, 5.41) is 10.1. The van der Waals surface area contributed by atoms with E-state index >= 15 is 0 Å². The molecule has 0 radical (unpaired) electrons. The lowest BCUT2D eigenvalue weighted by atomic mass is 9.87. The lowest BCUT2D eigenvalue weighted by Gasteiger charge is -2.25. The smallest absolute Gasteiger partial charge is 0.0992 e. The van der Waals surface area contributed by atoms with Gasteiger partial charge in [0.2, 0.25) is 0 Å². The van der Waals surface area contributed by atoms with E-state index in [2.05, 4.69) is 6.07 Å². The summed E-state index contributed by atoms with van der Waals surface area (Å²) < 4.78 is 0. The Kier molecular flexibility index (Phi) is 4.76. The molecule has 1 aliphatic rings. The molecule has 0 N–H and O–H groups in total. The number of benzene rings is 1. The molecule has 0 heterocycles. The molecule has 0 amide bonds. The van der Waals surface area contributed by atoms with Crippen molar-refractivity contribution >= 4 is 23.4 Å². The van der Waals surface area contributed by atoms with Gasteiger partial charge in [-0.25, -0.2) is 0 Å². The second kappa shape index (κ2) is 6.33. The Morgan fingerprint density at radius 3 is 2.59 bits per heavy atom. The van der Waals surface area contributed by atoms with Gasteiger partial charge in [0, 0.05) is 4.90 Å². The van der Waals surface area contributed by atoms with Gasteiger partial charge in [0.15, 0.2) is 0 Å². The number of rotatable bonds is 3. The van der Waals surface area contributed by atoms with Gasteiger partial charge in [0.05, 0.1) is 16.3 Å². The molecule has 1 nitrogen and oxygen atoms in total. The summed E-state index contributed by atoms with van der Waals surface area (Å²) in [6.45, 7) is 0. The molecule has 0 saturated heterocycles. The van der Waals surface area contributed by atoms with Crippen molar-refractivity contribution in [3.63, 3.8) is 0 Å². The Bertz CT molecular complexity index is 407. The fraction of sp³-hybridized carbons (Fsp3) is 0.500. The van der Waals surface area contributed by atoms with Crippen LogP contribution < -0.4 is 0 Å². The van der Waals surface area contributed by atoms with Crippen LogP contribution in [0.3, 0.4) is 0 Å². The zero-order valence-electron chi connectivity index (χ0n) is 9.73. The van der Waals surface area contributed by atoms with Gasteiger partial charge in [-0.2, -0.15) is 5.26 Å². The fourth-order valence-corrected chi connectivity index (χ4v) is 3.74. The molecule has 17 heavy (non-hydrogen) atoms. The first-order chi connectivity index (χ1) is 8.31. The molecule has 1 aromatic rings. The highest BCUT2D eigenvalue weighted by Crippen LogP contribution is 2.38. The lowest BCUT2D eigenvalue weighted by Crippen LogP contribution is -2.18. The second-order valence-corrected chi connectivity index (χ2v) is 6.09. The first-order valence-corrected chi connectivity index (χ1v) is 7.38. The molecule has 0 aliphatic heterocycles. The van der Waals surface area contributed by atoms with Crippen LogP contribution in [0.1, 0.15) is 32.1 Å². The minimum absolute atomic E-state index is 0.0511. The third kappa shape index (κ3) is 3.40. The van der Waals surface area contributed by atoms with Crippen LogP contribution in [0.2, 0.25) is 5.02 Å². The molecule has 2 rings (SSSR count). The van der Waals surface area contributed by atoms with Crippen LogP contribution in [0, 0.1) is 17.2 Å². The van der Waals surface area contributed by atoms with Crippen LogP contribution in [0.5, 0.6) is 0 Å². The van der Waals surface area contributed by atoms with Crippen molar-refractivity contribution in [3.05, 3.63) is 29.3 Å². The molecule has 3 heteroatoms. The lowest BCUT2D eigenvalue weighted by molar-refractivity contribution is 0.370. The summed E-state index contributed by atoms with van der Waals surface area (Å²) in [5.74, 6) is 0.537. The van der Waals surface area contributed by atoms with Crippen molar-refractivity contribution in [2.24, 2.45) is 5.92 Å². The van der Waals surface area contributed by atoms with E-state index in [0.717, 1.165) is 9.92 Å². The first-order valence-electron chi connectivity index (χ1n) is 6.12. The van der Waals surface area contributed by atoms with Crippen molar-refractivity contribution < 1.29 is 0 Å². The second-order valence-electron chi connectivity index (χ2n) is 4.50. The van der Waals surface area contributed by atoms with Crippen LogP contribution in [-0.4, -0.2) is 5.25 Å². The summed E-state index contributed by atoms with van der Waals surface area (Å²) in [6.07, 6.45) is 6.24. The SMILES string of the molecule is N#CC(Sc1ccccc1Cl)C1CCCCC1. The van der Waals surface area contributed by atoms with Gasteiger partial charge in [0.25, 0.3) is 0 Å². The molecular weight excluding hydrogens is 250 g/mol. The third-order valence-electron chi connectivity index (χ3n) is 3.30. The standard InChI is InChI=1S/C14H16ClNS/c15-12-8-4-5-9-13(12)17-14(10-16)11-6-2-1-3-7-11/h4-5,8-9,11,14H,1-3,6-7H2. The maximum absolute atomic E-state index is 9.32. The number of halogens is 1. The molecule has 1 aliphatic carbocycles. The number of nitriles is 1. The van der Waals surface area contributed by atoms with Crippen LogP contribution >= 0.6 is 23.4 Å². The summed E-state index contributed by atoms with van der Waals surface area (Å²) in [5.41, 5.74) is 0. The molecule has 1 unspecified atom stereocenters. The van der Waals surface area contributed by atoms with E-state index in [4.69, 9.17) is 11.6 Å². The summed E-state index contributed by atoms with van der Waals surface area (Å²) in [4.78, 5) is 1.03. The maximum atomic E-state index is 9.32. The number of hydrogen-bond acceptors (Lipinski definition) is 2. The van der Waals surface area contributed by atoms with Crippen LogP contribution in [0.25, 0.3) is 0 Å². The van der Waals surface area contributed by atoms with Crippen LogP contribution in [0.4, 0.5) is 0 Å². The Labute approximate surface area is 112 Å². The number of hydrogen-bond donors (Lipinski definition) is 0. The molecule has 1 atom stereocenters. The van der Waals surface area contributed by atoms with E-state index in [9.17, 15) is 5.26 Å². The topological polar surface area (TPSA) is 23.8 Å². The molecule has 0 aromatic heterocycles. The molecule has 0 spiro atoms. The molecular formula is C14H16ClNS. The van der Waals surface area contributed by atoms with Crippen molar-refractivity contribution in [1.29, 1.82) is 5.26 Å². The van der Waals surface area contributed by atoms with E-state index in [1.54, 1.807) is 11.8 Å². The summed E-state index contributed by atoms with van der Waals surface area (Å²) in [6, 6.07) is 10.2. The highest BCUT2D eigenvalue weighted by molar-refractivity contribution is 8.00. The van der Waals surface area contributed by atoms with Crippen molar-refractivity contribution in [2.75, 3.05) is 0 Å². The van der Waals surface area contributed by atoms with Gasteiger partial charge in [-0.3, -0.25) is 0 Å². The van der Waals surface area contributed by atoms with Crippen LogP contribution in [0.15, 0.2) is 29.2 Å². The van der Waals surface area contributed by atoms with Crippen molar-refractivity contribution in [3.8, 4) is 6.07 Å². The highest BCUT2D eigenvalue weighted by atomic mass is 35.5. The van der Waals surface area contributed by atoms with Gasteiger partial charge in [-0.15, -0.1) is 11.8 Å².